The lowest BCUT2D eigenvalue weighted by Gasteiger charge is -2.45. The van der Waals surface area contributed by atoms with E-state index >= 15 is 0 Å². The second kappa shape index (κ2) is 6.42. The summed E-state index contributed by atoms with van der Waals surface area (Å²) in [5, 5.41) is 23.7. The van der Waals surface area contributed by atoms with Gasteiger partial charge in [-0.15, -0.1) is 5.10 Å². The standard InChI is InChI=1S/C20H22FN5O/c1-12-6-15(21)5-4-14(12)8-23-19-16-7-18(26-10-20(3,27)11-26)22-9-17(16)13(2)24-25-19/h4-7,9,27H,8,10-11H2,1-3H3,(H,23,25). The van der Waals surface area contributed by atoms with Crippen LogP contribution >= 0.6 is 0 Å². The lowest BCUT2D eigenvalue weighted by molar-refractivity contribution is 0.0305. The number of hydrogen-bond acceptors (Lipinski definition) is 6. The molecule has 6 nitrogen and oxygen atoms in total. The van der Waals surface area contributed by atoms with Crippen LogP contribution in [0.1, 0.15) is 23.7 Å². The Morgan fingerprint density at radius 3 is 2.67 bits per heavy atom. The number of pyridine rings is 1. The van der Waals surface area contributed by atoms with Crippen LogP contribution in [0.3, 0.4) is 0 Å². The molecule has 1 fully saturated rings. The first kappa shape index (κ1) is 17.6. The number of fused-ring (bicyclic) bond motifs is 1. The van der Waals surface area contributed by atoms with Gasteiger partial charge in [0.2, 0.25) is 0 Å². The molecule has 4 rings (SSSR count). The number of benzene rings is 1. The molecule has 0 spiro atoms. The van der Waals surface area contributed by atoms with E-state index in [2.05, 4.69) is 20.5 Å². The Labute approximate surface area is 157 Å². The summed E-state index contributed by atoms with van der Waals surface area (Å²) in [5.74, 6) is 1.23. The average molecular weight is 367 g/mol. The molecule has 2 aromatic heterocycles. The molecule has 140 valence electrons. The zero-order valence-corrected chi connectivity index (χ0v) is 15.6. The van der Waals surface area contributed by atoms with Crippen molar-refractivity contribution in [2.75, 3.05) is 23.3 Å². The van der Waals surface area contributed by atoms with Crippen LogP contribution in [0.25, 0.3) is 10.8 Å². The van der Waals surface area contributed by atoms with E-state index in [1.165, 1.54) is 12.1 Å². The van der Waals surface area contributed by atoms with E-state index < -0.39 is 5.60 Å². The van der Waals surface area contributed by atoms with Crippen LogP contribution in [0, 0.1) is 19.7 Å². The number of aryl methyl sites for hydroxylation is 2. The summed E-state index contributed by atoms with van der Waals surface area (Å²) in [4.78, 5) is 6.55. The first-order valence-electron chi connectivity index (χ1n) is 8.92. The van der Waals surface area contributed by atoms with Crippen molar-refractivity contribution >= 4 is 22.4 Å². The summed E-state index contributed by atoms with van der Waals surface area (Å²) in [6, 6.07) is 6.73. The molecule has 0 unspecified atom stereocenters. The van der Waals surface area contributed by atoms with Crippen molar-refractivity contribution in [3.63, 3.8) is 0 Å². The Morgan fingerprint density at radius 2 is 1.96 bits per heavy atom. The number of β-amino-alcohol motifs (C(OH)–C–C–N with tert-alkyl or cyclic N) is 1. The molecule has 0 amide bonds. The number of aliphatic hydroxyl groups is 1. The molecule has 3 aromatic rings. The number of aromatic nitrogens is 3. The van der Waals surface area contributed by atoms with Gasteiger partial charge in [-0.2, -0.15) is 5.10 Å². The molecule has 3 heterocycles. The SMILES string of the molecule is Cc1cc(F)ccc1CNc1nnc(C)c2cnc(N3CC(C)(O)C3)cc12. The summed E-state index contributed by atoms with van der Waals surface area (Å²) in [6.45, 7) is 7.24. The maximum atomic E-state index is 13.3. The summed E-state index contributed by atoms with van der Waals surface area (Å²) < 4.78 is 13.3. The zero-order valence-electron chi connectivity index (χ0n) is 15.6. The van der Waals surface area contributed by atoms with Crippen LogP contribution < -0.4 is 10.2 Å². The molecule has 0 saturated carbocycles. The van der Waals surface area contributed by atoms with Crippen LogP contribution in [-0.2, 0) is 6.54 Å². The van der Waals surface area contributed by atoms with Crippen molar-refractivity contribution in [2.24, 2.45) is 0 Å². The molecule has 0 atom stereocenters. The van der Waals surface area contributed by atoms with E-state index in [4.69, 9.17) is 0 Å². The van der Waals surface area contributed by atoms with Crippen molar-refractivity contribution in [1.29, 1.82) is 0 Å². The molecule has 1 aliphatic heterocycles. The molecule has 1 saturated heterocycles. The van der Waals surface area contributed by atoms with E-state index in [0.717, 1.165) is 33.4 Å². The van der Waals surface area contributed by atoms with Crippen molar-refractivity contribution in [1.82, 2.24) is 15.2 Å². The zero-order chi connectivity index (χ0) is 19.2. The maximum absolute atomic E-state index is 13.3. The summed E-state index contributed by atoms with van der Waals surface area (Å²) in [6.07, 6.45) is 1.80. The number of halogens is 1. The number of rotatable bonds is 4. The quantitative estimate of drug-likeness (QED) is 0.739. The molecule has 0 radical (unpaired) electrons. The Hall–Kier alpha value is -2.80. The Bertz CT molecular complexity index is 1010. The first-order valence-corrected chi connectivity index (χ1v) is 8.92. The highest BCUT2D eigenvalue weighted by atomic mass is 19.1. The molecule has 27 heavy (non-hydrogen) atoms. The second-order valence-electron chi connectivity index (χ2n) is 7.50. The fourth-order valence-corrected chi connectivity index (χ4v) is 3.44. The van der Waals surface area contributed by atoms with Crippen LogP contribution in [0.15, 0.2) is 30.5 Å². The molecular formula is C20H22FN5O. The van der Waals surface area contributed by atoms with E-state index in [1.807, 2.05) is 31.7 Å². The van der Waals surface area contributed by atoms with Gasteiger partial charge >= 0.3 is 0 Å². The molecule has 7 heteroatoms. The predicted octanol–water partition coefficient (Wildman–Crippen LogP) is 2.96. The van der Waals surface area contributed by atoms with Gasteiger partial charge in [0.25, 0.3) is 0 Å². The fraction of sp³-hybridized carbons (Fsp3) is 0.350. The van der Waals surface area contributed by atoms with Gasteiger partial charge < -0.3 is 15.3 Å². The molecule has 0 aliphatic carbocycles. The minimum Gasteiger partial charge on any atom is -0.386 e. The Morgan fingerprint density at radius 1 is 1.19 bits per heavy atom. The van der Waals surface area contributed by atoms with Crippen LogP contribution in [0.5, 0.6) is 0 Å². The number of nitrogens with zero attached hydrogens (tertiary/aromatic N) is 4. The highest BCUT2D eigenvalue weighted by molar-refractivity contribution is 5.94. The largest absolute Gasteiger partial charge is 0.386 e. The number of nitrogens with one attached hydrogen (secondary N) is 1. The number of hydrogen-bond donors (Lipinski definition) is 2. The van der Waals surface area contributed by atoms with Gasteiger partial charge in [0.1, 0.15) is 11.6 Å². The van der Waals surface area contributed by atoms with Crippen LogP contribution in [-0.4, -0.2) is 39.0 Å². The summed E-state index contributed by atoms with van der Waals surface area (Å²) >= 11 is 0. The van der Waals surface area contributed by atoms with Crippen molar-refractivity contribution in [3.8, 4) is 0 Å². The molecular weight excluding hydrogens is 345 g/mol. The van der Waals surface area contributed by atoms with Crippen molar-refractivity contribution in [2.45, 2.75) is 32.9 Å². The smallest absolute Gasteiger partial charge is 0.157 e. The minimum absolute atomic E-state index is 0.238. The van der Waals surface area contributed by atoms with Gasteiger partial charge in [-0.05, 0) is 50.1 Å². The molecule has 2 N–H and O–H groups in total. The van der Waals surface area contributed by atoms with Crippen LogP contribution in [0.2, 0.25) is 0 Å². The number of anilines is 2. The molecule has 1 aliphatic rings. The second-order valence-corrected chi connectivity index (χ2v) is 7.50. The van der Waals surface area contributed by atoms with E-state index in [0.29, 0.717) is 25.5 Å². The van der Waals surface area contributed by atoms with Crippen molar-refractivity contribution < 1.29 is 9.50 Å². The molecule has 1 aromatic carbocycles. The summed E-state index contributed by atoms with van der Waals surface area (Å²) in [5.41, 5.74) is 2.03. The third-order valence-corrected chi connectivity index (χ3v) is 4.97. The normalized spacial score (nSPS) is 15.7. The molecule has 0 bridgehead atoms. The highest BCUT2D eigenvalue weighted by Crippen LogP contribution is 2.30. The Kier molecular flexibility index (Phi) is 4.19. The van der Waals surface area contributed by atoms with Crippen molar-refractivity contribution in [3.05, 3.63) is 53.1 Å². The highest BCUT2D eigenvalue weighted by Gasteiger charge is 2.37. The first-order chi connectivity index (χ1) is 12.8. The minimum atomic E-state index is -0.662. The van der Waals surface area contributed by atoms with Gasteiger partial charge in [0.05, 0.1) is 11.3 Å². The monoisotopic (exact) mass is 367 g/mol. The van der Waals surface area contributed by atoms with Gasteiger partial charge in [-0.25, -0.2) is 9.37 Å². The lowest BCUT2D eigenvalue weighted by atomic mass is 9.97. The topological polar surface area (TPSA) is 74.2 Å². The van der Waals surface area contributed by atoms with Gasteiger partial charge in [-0.1, -0.05) is 6.07 Å². The van der Waals surface area contributed by atoms with E-state index in [-0.39, 0.29) is 5.82 Å². The van der Waals surface area contributed by atoms with Gasteiger partial charge in [0, 0.05) is 36.6 Å². The van der Waals surface area contributed by atoms with Gasteiger partial charge in [0.15, 0.2) is 5.82 Å². The van der Waals surface area contributed by atoms with Crippen LogP contribution in [0.4, 0.5) is 16.0 Å². The van der Waals surface area contributed by atoms with E-state index in [9.17, 15) is 9.50 Å². The average Bonchev–Trinajstić information content (AvgIpc) is 2.60. The lowest BCUT2D eigenvalue weighted by Crippen LogP contribution is -2.60. The maximum Gasteiger partial charge on any atom is 0.157 e. The summed E-state index contributed by atoms with van der Waals surface area (Å²) in [7, 11) is 0. The fourth-order valence-electron chi connectivity index (χ4n) is 3.44. The third kappa shape index (κ3) is 3.42. The van der Waals surface area contributed by atoms with Gasteiger partial charge in [-0.3, -0.25) is 0 Å². The predicted molar refractivity (Wildman–Crippen MR) is 103 cm³/mol. The van der Waals surface area contributed by atoms with E-state index in [1.54, 1.807) is 12.3 Å². The Balaban J connectivity index is 1.64. The third-order valence-electron chi connectivity index (χ3n) is 4.97.